The van der Waals surface area contributed by atoms with E-state index in [0.717, 1.165) is 0 Å². The van der Waals surface area contributed by atoms with Crippen molar-refractivity contribution >= 4 is 12.0 Å². The van der Waals surface area contributed by atoms with Crippen molar-refractivity contribution in [1.29, 1.82) is 0 Å². The molecule has 1 aliphatic heterocycles. The summed E-state index contributed by atoms with van der Waals surface area (Å²) in [7, 11) is 4.52. The predicted octanol–water partition coefficient (Wildman–Crippen LogP) is 2.68. The predicted molar refractivity (Wildman–Crippen MR) is 99.1 cm³/mol. The molecule has 0 spiro atoms. The molecule has 1 aliphatic rings. The first kappa shape index (κ1) is 20.4. The second-order valence-corrected chi connectivity index (χ2v) is 7.02. The summed E-state index contributed by atoms with van der Waals surface area (Å²) < 4.78 is 21.6. The highest BCUT2D eigenvalue weighted by molar-refractivity contribution is 5.95. The van der Waals surface area contributed by atoms with Gasteiger partial charge in [0.25, 0.3) is 0 Å². The minimum atomic E-state index is -0.775. The topological polar surface area (TPSA) is 95.1 Å². The van der Waals surface area contributed by atoms with Gasteiger partial charge in [0.1, 0.15) is 11.4 Å². The van der Waals surface area contributed by atoms with Gasteiger partial charge in [0, 0.05) is 17.3 Å². The zero-order valence-electron chi connectivity index (χ0n) is 16.7. The van der Waals surface area contributed by atoms with Crippen LogP contribution >= 0.6 is 0 Å². The molecular weight excluding hydrogens is 352 g/mol. The van der Waals surface area contributed by atoms with Crippen LogP contribution in [0, 0.1) is 0 Å². The molecule has 0 saturated carbocycles. The summed E-state index contributed by atoms with van der Waals surface area (Å²) in [5.41, 5.74) is 0.563. The maximum Gasteiger partial charge on any atom is 0.338 e. The number of methoxy groups -OCH3 is 3. The second-order valence-electron chi connectivity index (χ2n) is 7.02. The summed E-state index contributed by atoms with van der Waals surface area (Å²) in [6, 6.07) is 2.11. The minimum absolute atomic E-state index is 0.287. The molecule has 2 N–H and O–H groups in total. The van der Waals surface area contributed by atoms with Crippen molar-refractivity contribution in [3.63, 3.8) is 0 Å². The lowest BCUT2D eigenvalue weighted by Gasteiger charge is -2.31. The average molecular weight is 378 g/mol. The largest absolute Gasteiger partial charge is 0.496 e. The molecule has 0 bridgehead atoms. The molecule has 148 valence electrons. The highest BCUT2D eigenvalue weighted by Crippen LogP contribution is 2.41. The van der Waals surface area contributed by atoms with E-state index >= 15 is 0 Å². The van der Waals surface area contributed by atoms with Gasteiger partial charge in [-0.2, -0.15) is 0 Å². The number of rotatable bonds is 5. The highest BCUT2D eigenvalue weighted by Gasteiger charge is 2.36. The van der Waals surface area contributed by atoms with Crippen molar-refractivity contribution in [1.82, 2.24) is 10.6 Å². The van der Waals surface area contributed by atoms with Crippen LogP contribution in [0.3, 0.4) is 0 Å². The van der Waals surface area contributed by atoms with E-state index in [-0.39, 0.29) is 5.57 Å². The van der Waals surface area contributed by atoms with Gasteiger partial charge in [-0.25, -0.2) is 9.59 Å². The van der Waals surface area contributed by atoms with E-state index < -0.39 is 23.6 Å². The molecule has 0 radical (unpaired) electrons. The van der Waals surface area contributed by atoms with Crippen LogP contribution < -0.4 is 24.8 Å². The SMILES string of the molecule is COc1cc(OC)c(C2NC(=O)NC(C)=C2C(=O)OC(C)(C)C)cc1OC. The number of hydrogen-bond acceptors (Lipinski definition) is 6. The van der Waals surface area contributed by atoms with Gasteiger partial charge in [0.15, 0.2) is 11.5 Å². The van der Waals surface area contributed by atoms with Gasteiger partial charge in [-0.15, -0.1) is 0 Å². The Hall–Kier alpha value is -2.90. The standard InChI is InChI=1S/C19H26N2O6/c1-10-15(17(22)27-19(2,3)4)16(21-18(23)20-10)11-8-13(25-6)14(26-7)9-12(11)24-5/h8-9,16H,1-7H3,(H2,20,21,23). The van der Waals surface area contributed by atoms with Crippen LogP contribution in [0.2, 0.25) is 0 Å². The van der Waals surface area contributed by atoms with Crippen molar-refractivity contribution in [2.75, 3.05) is 21.3 Å². The van der Waals surface area contributed by atoms with Gasteiger partial charge in [0.05, 0.1) is 32.9 Å². The van der Waals surface area contributed by atoms with E-state index in [1.54, 1.807) is 39.8 Å². The quantitative estimate of drug-likeness (QED) is 0.765. The third-order valence-corrected chi connectivity index (χ3v) is 3.93. The Morgan fingerprint density at radius 1 is 1.00 bits per heavy atom. The van der Waals surface area contributed by atoms with E-state index in [1.807, 2.05) is 0 Å². The molecule has 1 unspecified atom stereocenters. The Kier molecular flexibility index (Phi) is 5.88. The molecule has 0 aromatic heterocycles. The summed E-state index contributed by atoms with van der Waals surface area (Å²) in [5, 5.41) is 5.37. The fourth-order valence-electron chi connectivity index (χ4n) is 2.81. The summed E-state index contributed by atoms with van der Waals surface area (Å²) in [4.78, 5) is 24.9. The Labute approximate surface area is 158 Å². The van der Waals surface area contributed by atoms with Crippen LogP contribution in [0.5, 0.6) is 17.2 Å². The lowest BCUT2D eigenvalue weighted by atomic mass is 9.94. The van der Waals surface area contributed by atoms with E-state index in [1.165, 1.54) is 21.3 Å². The molecule has 8 heteroatoms. The first-order chi connectivity index (χ1) is 12.6. The van der Waals surface area contributed by atoms with Crippen LogP contribution in [-0.4, -0.2) is 38.9 Å². The van der Waals surface area contributed by atoms with Crippen molar-refractivity contribution in [3.8, 4) is 17.2 Å². The van der Waals surface area contributed by atoms with Crippen molar-refractivity contribution in [2.24, 2.45) is 0 Å². The normalized spacial score (nSPS) is 17.0. The highest BCUT2D eigenvalue weighted by atomic mass is 16.6. The number of ether oxygens (including phenoxy) is 4. The molecule has 2 amide bonds. The maximum atomic E-state index is 12.8. The van der Waals surface area contributed by atoms with Crippen LogP contribution in [-0.2, 0) is 9.53 Å². The summed E-state index contributed by atoms with van der Waals surface area (Å²) in [6.45, 7) is 6.99. The Bertz CT molecular complexity index is 779. The van der Waals surface area contributed by atoms with Gasteiger partial charge in [-0.05, 0) is 33.8 Å². The number of allylic oxidation sites excluding steroid dienone is 1. The number of hydrogen-bond donors (Lipinski definition) is 2. The van der Waals surface area contributed by atoms with Gasteiger partial charge in [-0.3, -0.25) is 0 Å². The number of esters is 1. The number of nitrogens with one attached hydrogen (secondary N) is 2. The Morgan fingerprint density at radius 3 is 2.07 bits per heavy atom. The van der Waals surface area contributed by atoms with E-state index in [0.29, 0.717) is 28.5 Å². The monoisotopic (exact) mass is 378 g/mol. The smallest absolute Gasteiger partial charge is 0.338 e. The fraction of sp³-hybridized carbons (Fsp3) is 0.474. The van der Waals surface area contributed by atoms with Crippen molar-refractivity contribution < 1.29 is 28.5 Å². The number of benzene rings is 1. The van der Waals surface area contributed by atoms with E-state index in [9.17, 15) is 9.59 Å². The van der Waals surface area contributed by atoms with E-state index in [2.05, 4.69) is 10.6 Å². The first-order valence-corrected chi connectivity index (χ1v) is 8.42. The van der Waals surface area contributed by atoms with Gasteiger partial charge in [0.2, 0.25) is 0 Å². The number of amides is 2. The minimum Gasteiger partial charge on any atom is -0.496 e. The molecule has 1 aromatic carbocycles. The molecule has 1 atom stereocenters. The van der Waals surface area contributed by atoms with Crippen molar-refractivity contribution in [3.05, 3.63) is 29.0 Å². The fourth-order valence-corrected chi connectivity index (χ4v) is 2.81. The lowest BCUT2D eigenvalue weighted by molar-refractivity contribution is -0.150. The molecule has 27 heavy (non-hydrogen) atoms. The molecule has 0 fully saturated rings. The van der Waals surface area contributed by atoms with Crippen molar-refractivity contribution in [2.45, 2.75) is 39.3 Å². The van der Waals surface area contributed by atoms with Crippen LogP contribution in [0.1, 0.15) is 39.3 Å². The molecule has 8 nitrogen and oxygen atoms in total. The van der Waals surface area contributed by atoms with Gasteiger partial charge < -0.3 is 29.6 Å². The summed E-state index contributed by atoms with van der Waals surface area (Å²) in [5.74, 6) is 0.822. The van der Waals surface area contributed by atoms with Crippen LogP contribution in [0.4, 0.5) is 4.79 Å². The average Bonchev–Trinajstić information content (AvgIpc) is 2.57. The third kappa shape index (κ3) is 4.45. The number of urea groups is 1. The van der Waals surface area contributed by atoms with Crippen LogP contribution in [0.25, 0.3) is 0 Å². The zero-order chi connectivity index (χ0) is 20.4. The first-order valence-electron chi connectivity index (χ1n) is 8.42. The molecule has 1 aromatic rings. The Balaban J connectivity index is 2.61. The number of carbonyl (C=O) groups is 2. The zero-order valence-corrected chi connectivity index (χ0v) is 16.7. The van der Waals surface area contributed by atoms with Crippen LogP contribution in [0.15, 0.2) is 23.4 Å². The summed E-state index contributed by atoms with van der Waals surface area (Å²) in [6.07, 6.45) is 0. The van der Waals surface area contributed by atoms with Gasteiger partial charge in [-0.1, -0.05) is 0 Å². The van der Waals surface area contributed by atoms with Gasteiger partial charge >= 0.3 is 12.0 Å². The molecular formula is C19H26N2O6. The molecule has 1 heterocycles. The Morgan fingerprint density at radius 2 is 1.56 bits per heavy atom. The maximum absolute atomic E-state index is 12.8. The summed E-state index contributed by atoms with van der Waals surface area (Å²) >= 11 is 0. The molecule has 0 saturated heterocycles. The lowest BCUT2D eigenvalue weighted by Crippen LogP contribution is -2.46. The molecule has 2 rings (SSSR count). The number of carbonyl (C=O) groups excluding carboxylic acids is 2. The van der Waals surface area contributed by atoms with E-state index in [4.69, 9.17) is 18.9 Å². The molecule has 0 aliphatic carbocycles. The second kappa shape index (κ2) is 7.77. The third-order valence-electron chi connectivity index (χ3n) is 3.93.